The number of imidazole rings is 1. The highest BCUT2D eigenvalue weighted by Gasteiger charge is 2.18. The van der Waals surface area contributed by atoms with E-state index in [4.69, 9.17) is 10.5 Å². The van der Waals surface area contributed by atoms with Crippen LogP contribution >= 0.6 is 0 Å². The number of ether oxygens (including phenoxy) is 1. The van der Waals surface area contributed by atoms with Crippen LogP contribution in [0.25, 0.3) is 11.2 Å². The predicted molar refractivity (Wildman–Crippen MR) is 67.1 cm³/mol. The third-order valence-corrected chi connectivity index (χ3v) is 2.96. The topological polar surface area (TPSA) is 76.8 Å². The fourth-order valence-electron chi connectivity index (χ4n) is 1.88. The van der Waals surface area contributed by atoms with Crippen molar-refractivity contribution in [2.45, 2.75) is 19.8 Å². The van der Waals surface area contributed by atoms with Gasteiger partial charge < -0.3 is 15.5 Å². The van der Waals surface area contributed by atoms with Gasteiger partial charge in [0.15, 0.2) is 5.65 Å². The van der Waals surface area contributed by atoms with E-state index in [0.29, 0.717) is 24.0 Å². The molecule has 0 spiro atoms. The van der Waals surface area contributed by atoms with Crippen LogP contribution in [0, 0.1) is 5.92 Å². The molecule has 0 radical (unpaired) electrons. The minimum atomic E-state index is 0.232. The lowest BCUT2D eigenvalue weighted by Crippen LogP contribution is -2.18. The van der Waals surface area contributed by atoms with E-state index in [-0.39, 0.29) is 5.92 Å². The Kier molecular flexibility index (Phi) is 3.28. The van der Waals surface area contributed by atoms with Gasteiger partial charge in [-0.1, -0.05) is 13.8 Å². The molecule has 0 fully saturated rings. The first-order valence-electron chi connectivity index (χ1n) is 5.76. The van der Waals surface area contributed by atoms with Gasteiger partial charge in [-0.15, -0.1) is 0 Å². The van der Waals surface area contributed by atoms with Crippen molar-refractivity contribution in [1.82, 2.24) is 15.0 Å². The fraction of sp³-hybridized carbons (Fsp3) is 0.500. The summed E-state index contributed by atoms with van der Waals surface area (Å²) in [7, 11) is 1.60. The lowest BCUT2D eigenvalue weighted by molar-refractivity contribution is 0.399. The molecule has 0 aliphatic carbocycles. The molecule has 0 aromatic carbocycles. The Morgan fingerprint density at radius 2 is 2.12 bits per heavy atom. The molecule has 3 N–H and O–H groups in total. The van der Waals surface area contributed by atoms with E-state index in [1.54, 1.807) is 7.11 Å². The number of nitrogens with two attached hydrogens (primary N) is 1. The van der Waals surface area contributed by atoms with Crippen molar-refractivity contribution in [2.75, 3.05) is 13.7 Å². The SMILES string of the molecule is COc1ccc2[nH]c(C(CN)C(C)C)nc2n1. The maximum atomic E-state index is 5.78. The van der Waals surface area contributed by atoms with Crippen molar-refractivity contribution in [3.05, 3.63) is 18.0 Å². The number of methoxy groups -OCH3 is 1. The van der Waals surface area contributed by atoms with Gasteiger partial charge in [0.05, 0.1) is 12.6 Å². The van der Waals surface area contributed by atoms with Crippen LogP contribution in [-0.4, -0.2) is 28.6 Å². The highest BCUT2D eigenvalue weighted by atomic mass is 16.5. The van der Waals surface area contributed by atoms with Crippen LogP contribution in [0.2, 0.25) is 0 Å². The number of aromatic nitrogens is 3. The van der Waals surface area contributed by atoms with Crippen molar-refractivity contribution in [3.8, 4) is 5.88 Å². The first-order chi connectivity index (χ1) is 8.15. The summed E-state index contributed by atoms with van der Waals surface area (Å²) in [5.74, 6) is 2.15. The Bertz CT molecular complexity index is 506. The number of nitrogens with zero attached hydrogens (tertiary/aromatic N) is 2. The number of hydrogen-bond donors (Lipinski definition) is 2. The lowest BCUT2D eigenvalue weighted by Gasteiger charge is -2.15. The van der Waals surface area contributed by atoms with E-state index >= 15 is 0 Å². The first kappa shape index (κ1) is 11.9. The summed E-state index contributed by atoms with van der Waals surface area (Å²) in [4.78, 5) is 12.0. The maximum absolute atomic E-state index is 5.78. The van der Waals surface area contributed by atoms with Gasteiger partial charge >= 0.3 is 0 Å². The zero-order valence-electron chi connectivity index (χ0n) is 10.4. The molecule has 1 unspecified atom stereocenters. The highest BCUT2D eigenvalue weighted by molar-refractivity contribution is 5.71. The smallest absolute Gasteiger partial charge is 0.215 e. The molecule has 0 saturated carbocycles. The third-order valence-electron chi connectivity index (χ3n) is 2.96. The summed E-state index contributed by atoms with van der Waals surface area (Å²) >= 11 is 0. The van der Waals surface area contributed by atoms with Gasteiger partial charge in [-0.2, -0.15) is 4.98 Å². The van der Waals surface area contributed by atoms with E-state index in [1.165, 1.54) is 0 Å². The first-order valence-corrected chi connectivity index (χ1v) is 5.76. The number of hydrogen-bond acceptors (Lipinski definition) is 4. The largest absolute Gasteiger partial charge is 0.481 e. The predicted octanol–water partition coefficient (Wildman–Crippen LogP) is 1.66. The molecule has 5 heteroatoms. The van der Waals surface area contributed by atoms with Gasteiger partial charge in [0.25, 0.3) is 0 Å². The van der Waals surface area contributed by atoms with Crippen molar-refractivity contribution >= 4 is 11.2 Å². The second kappa shape index (κ2) is 4.71. The maximum Gasteiger partial charge on any atom is 0.215 e. The van der Waals surface area contributed by atoms with Crippen molar-refractivity contribution < 1.29 is 4.74 Å². The monoisotopic (exact) mass is 234 g/mol. The minimum absolute atomic E-state index is 0.232. The van der Waals surface area contributed by atoms with Crippen LogP contribution in [-0.2, 0) is 0 Å². The van der Waals surface area contributed by atoms with E-state index in [2.05, 4.69) is 28.8 Å². The number of rotatable bonds is 4. The molecule has 0 bridgehead atoms. The standard InChI is InChI=1S/C12H18N4O/c1-7(2)8(6-13)11-14-9-4-5-10(17-3)15-12(9)16-11/h4-5,7-8H,6,13H2,1-3H3,(H,14,15,16). The van der Waals surface area contributed by atoms with Crippen LogP contribution < -0.4 is 10.5 Å². The summed E-state index contributed by atoms with van der Waals surface area (Å²) in [5, 5.41) is 0. The molecule has 2 rings (SSSR count). The van der Waals surface area contributed by atoms with Gasteiger partial charge in [0.2, 0.25) is 5.88 Å². The molecule has 2 heterocycles. The van der Waals surface area contributed by atoms with Crippen LogP contribution in [0.3, 0.4) is 0 Å². The number of nitrogens with one attached hydrogen (secondary N) is 1. The Morgan fingerprint density at radius 3 is 2.71 bits per heavy atom. The molecule has 17 heavy (non-hydrogen) atoms. The molecule has 0 aliphatic rings. The average Bonchev–Trinajstić information content (AvgIpc) is 2.71. The van der Waals surface area contributed by atoms with Crippen LogP contribution in [0.4, 0.5) is 0 Å². The summed E-state index contributed by atoms with van der Waals surface area (Å²) in [6, 6.07) is 3.74. The molecule has 0 amide bonds. The number of H-pyrrole nitrogens is 1. The molecule has 0 saturated heterocycles. The molecular formula is C12H18N4O. The minimum Gasteiger partial charge on any atom is -0.481 e. The zero-order valence-corrected chi connectivity index (χ0v) is 10.4. The van der Waals surface area contributed by atoms with E-state index in [1.807, 2.05) is 12.1 Å². The van der Waals surface area contributed by atoms with Crippen molar-refractivity contribution in [3.63, 3.8) is 0 Å². The zero-order chi connectivity index (χ0) is 12.4. The van der Waals surface area contributed by atoms with Gasteiger partial charge in [-0.3, -0.25) is 0 Å². The average molecular weight is 234 g/mol. The Balaban J connectivity index is 2.43. The van der Waals surface area contributed by atoms with Crippen LogP contribution in [0.1, 0.15) is 25.6 Å². The molecular weight excluding hydrogens is 216 g/mol. The number of fused-ring (bicyclic) bond motifs is 1. The molecule has 5 nitrogen and oxygen atoms in total. The van der Waals surface area contributed by atoms with Gasteiger partial charge in [-0.05, 0) is 12.0 Å². The van der Waals surface area contributed by atoms with E-state index in [9.17, 15) is 0 Å². The number of aromatic amines is 1. The normalized spacial score (nSPS) is 13.2. The van der Waals surface area contributed by atoms with Gasteiger partial charge in [0.1, 0.15) is 5.82 Å². The van der Waals surface area contributed by atoms with E-state index in [0.717, 1.165) is 11.3 Å². The third kappa shape index (κ3) is 2.24. The second-order valence-corrected chi connectivity index (χ2v) is 4.43. The molecule has 2 aromatic heterocycles. The Morgan fingerprint density at radius 1 is 1.35 bits per heavy atom. The van der Waals surface area contributed by atoms with Crippen molar-refractivity contribution in [2.24, 2.45) is 11.7 Å². The Labute approximate surface area is 100 Å². The number of pyridine rings is 1. The quantitative estimate of drug-likeness (QED) is 0.843. The molecule has 2 aromatic rings. The lowest BCUT2D eigenvalue weighted by atomic mass is 9.95. The molecule has 0 aliphatic heterocycles. The summed E-state index contributed by atoms with van der Waals surface area (Å²) in [5.41, 5.74) is 7.37. The summed E-state index contributed by atoms with van der Waals surface area (Å²) < 4.78 is 5.08. The molecule has 92 valence electrons. The highest BCUT2D eigenvalue weighted by Crippen LogP contribution is 2.23. The summed E-state index contributed by atoms with van der Waals surface area (Å²) in [6.07, 6.45) is 0. The van der Waals surface area contributed by atoms with Crippen molar-refractivity contribution in [1.29, 1.82) is 0 Å². The van der Waals surface area contributed by atoms with Crippen LogP contribution in [0.5, 0.6) is 5.88 Å². The van der Waals surface area contributed by atoms with Crippen LogP contribution in [0.15, 0.2) is 12.1 Å². The Hall–Kier alpha value is -1.62. The summed E-state index contributed by atoms with van der Waals surface area (Å²) in [6.45, 7) is 4.85. The van der Waals surface area contributed by atoms with E-state index < -0.39 is 0 Å². The molecule has 1 atom stereocenters. The van der Waals surface area contributed by atoms with Gasteiger partial charge in [0, 0.05) is 18.5 Å². The fourth-order valence-corrected chi connectivity index (χ4v) is 1.88. The van der Waals surface area contributed by atoms with Gasteiger partial charge in [-0.25, -0.2) is 4.98 Å². The second-order valence-electron chi connectivity index (χ2n) is 4.43.